The first-order chi connectivity index (χ1) is 8.33. The number of hydrogen-bond acceptors (Lipinski definition) is 1. The van der Waals surface area contributed by atoms with Gasteiger partial charge in [-0.2, -0.15) is 11.8 Å². The van der Waals surface area contributed by atoms with Crippen molar-refractivity contribution in [1.29, 1.82) is 0 Å². The van der Waals surface area contributed by atoms with Crippen LogP contribution >= 0.6 is 23.4 Å². The molecule has 2 heteroatoms. The predicted molar refractivity (Wildman–Crippen MR) is 81.0 cm³/mol. The predicted octanol–water partition coefficient (Wildman–Crippen LogP) is 5.93. The molecule has 0 spiro atoms. The molecule has 0 nitrogen and oxygen atoms in total. The third kappa shape index (κ3) is 7.72. The normalized spacial score (nSPS) is 10.7. The summed E-state index contributed by atoms with van der Waals surface area (Å²) in [5, 5.41) is 0.850. The van der Waals surface area contributed by atoms with E-state index in [1.165, 1.54) is 49.8 Å². The van der Waals surface area contributed by atoms with E-state index in [0.29, 0.717) is 0 Å². The highest BCUT2D eigenvalue weighted by Gasteiger charge is 1.95. The third-order valence-electron chi connectivity index (χ3n) is 2.80. The molecule has 0 heterocycles. The summed E-state index contributed by atoms with van der Waals surface area (Å²) in [7, 11) is 0. The van der Waals surface area contributed by atoms with Gasteiger partial charge in [0.1, 0.15) is 0 Å². The number of hydrogen-bond donors (Lipinski definition) is 0. The average molecular weight is 271 g/mol. The van der Waals surface area contributed by atoms with E-state index in [2.05, 4.69) is 19.1 Å². The van der Waals surface area contributed by atoms with Gasteiger partial charge in [-0.05, 0) is 29.9 Å². The van der Waals surface area contributed by atoms with Gasteiger partial charge in [-0.1, -0.05) is 62.8 Å². The van der Waals surface area contributed by atoms with Gasteiger partial charge in [0.2, 0.25) is 0 Å². The Morgan fingerprint density at radius 1 is 1.06 bits per heavy atom. The molecule has 0 fully saturated rings. The van der Waals surface area contributed by atoms with E-state index in [1.54, 1.807) is 0 Å². The van der Waals surface area contributed by atoms with Gasteiger partial charge in [-0.3, -0.25) is 0 Å². The molecular formula is C15H23ClS. The van der Waals surface area contributed by atoms with E-state index < -0.39 is 0 Å². The fourth-order valence-corrected chi connectivity index (χ4v) is 2.98. The van der Waals surface area contributed by atoms with Crippen LogP contribution in [0.1, 0.15) is 51.0 Å². The van der Waals surface area contributed by atoms with Gasteiger partial charge in [0.15, 0.2) is 0 Å². The molecule has 0 bridgehead atoms. The van der Waals surface area contributed by atoms with Crippen LogP contribution in [0.5, 0.6) is 0 Å². The van der Waals surface area contributed by atoms with Crippen molar-refractivity contribution in [1.82, 2.24) is 0 Å². The van der Waals surface area contributed by atoms with Crippen molar-refractivity contribution in [3.05, 3.63) is 34.9 Å². The summed E-state index contributed by atoms with van der Waals surface area (Å²) < 4.78 is 0. The maximum atomic E-state index is 5.95. The lowest BCUT2D eigenvalue weighted by atomic mass is 10.1. The molecule has 0 atom stereocenters. The molecule has 1 aromatic rings. The Labute approximate surface area is 115 Å². The zero-order valence-corrected chi connectivity index (χ0v) is 12.3. The molecule has 0 N–H and O–H groups in total. The minimum absolute atomic E-state index is 0.850. The van der Waals surface area contributed by atoms with Crippen LogP contribution in [-0.4, -0.2) is 5.75 Å². The van der Waals surface area contributed by atoms with Crippen LogP contribution in [0.3, 0.4) is 0 Å². The van der Waals surface area contributed by atoms with Crippen LogP contribution in [0.2, 0.25) is 5.02 Å². The number of thioether (sulfide) groups is 1. The van der Waals surface area contributed by atoms with Crippen molar-refractivity contribution in [2.75, 3.05) is 5.75 Å². The van der Waals surface area contributed by atoms with Gasteiger partial charge in [0.25, 0.3) is 0 Å². The quantitative estimate of drug-likeness (QED) is 0.501. The Morgan fingerprint density at radius 2 is 1.82 bits per heavy atom. The van der Waals surface area contributed by atoms with Crippen LogP contribution in [0.4, 0.5) is 0 Å². The van der Waals surface area contributed by atoms with Crippen LogP contribution < -0.4 is 0 Å². The Kier molecular flexibility index (Phi) is 8.64. The van der Waals surface area contributed by atoms with E-state index in [4.69, 9.17) is 11.6 Å². The molecule has 0 amide bonds. The monoisotopic (exact) mass is 270 g/mol. The van der Waals surface area contributed by atoms with E-state index in [0.717, 1.165) is 10.8 Å². The van der Waals surface area contributed by atoms with Crippen LogP contribution in [0.25, 0.3) is 0 Å². The highest BCUT2D eigenvalue weighted by Crippen LogP contribution is 2.18. The summed E-state index contributed by atoms with van der Waals surface area (Å²) >= 11 is 7.97. The fraction of sp³-hybridized carbons (Fsp3) is 0.600. The van der Waals surface area contributed by atoms with E-state index in [1.807, 2.05) is 23.9 Å². The standard InChI is InChI=1S/C15H23ClS/c1-2-3-4-5-6-7-11-17-13-14-9-8-10-15(16)12-14/h8-10,12H,2-7,11,13H2,1H3. The molecule has 17 heavy (non-hydrogen) atoms. The lowest BCUT2D eigenvalue weighted by Gasteiger charge is -2.03. The molecule has 0 saturated carbocycles. The van der Waals surface area contributed by atoms with Gasteiger partial charge in [-0.15, -0.1) is 0 Å². The van der Waals surface area contributed by atoms with E-state index in [-0.39, 0.29) is 0 Å². The SMILES string of the molecule is CCCCCCCCSCc1cccc(Cl)c1. The molecule has 0 radical (unpaired) electrons. The summed E-state index contributed by atoms with van der Waals surface area (Å²) in [5.74, 6) is 2.37. The van der Waals surface area contributed by atoms with Gasteiger partial charge < -0.3 is 0 Å². The molecule has 1 aromatic carbocycles. The second kappa shape index (κ2) is 9.85. The largest absolute Gasteiger partial charge is 0.157 e. The fourth-order valence-electron chi connectivity index (χ4n) is 1.80. The zero-order valence-electron chi connectivity index (χ0n) is 10.8. The topological polar surface area (TPSA) is 0 Å². The highest BCUT2D eigenvalue weighted by molar-refractivity contribution is 7.98. The Morgan fingerprint density at radius 3 is 2.59 bits per heavy atom. The lowest BCUT2D eigenvalue weighted by molar-refractivity contribution is 0.627. The number of unbranched alkanes of at least 4 members (excludes halogenated alkanes) is 5. The van der Waals surface area contributed by atoms with Crippen molar-refractivity contribution >= 4 is 23.4 Å². The summed E-state index contributed by atoms with van der Waals surface area (Å²) in [6.07, 6.45) is 8.30. The Bertz CT molecular complexity index is 299. The first kappa shape index (κ1) is 14.9. The van der Waals surface area contributed by atoms with Gasteiger partial charge in [0.05, 0.1) is 0 Å². The number of halogens is 1. The van der Waals surface area contributed by atoms with Gasteiger partial charge in [0, 0.05) is 10.8 Å². The molecular weight excluding hydrogens is 248 g/mol. The molecule has 0 saturated heterocycles. The van der Waals surface area contributed by atoms with Crippen LogP contribution in [0.15, 0.2) is 24.3 Å². The van der Waals surface area contributed by atoms with Crippen molar-refractivity contribution in [2.24, 2.45) is 0 Å². The minimum Gasteiger partial charge on any atom is -0.157 e. The van der Waals surface area contributed by atoms with Crippen LogP contribution in [-0.2, 0) is 5.75 Å². The van der Waals surface area contributed by atoms with Gasteiger partial charge in [-0.25, -0.2) is 0 Å². The maximum absolute atomic E-state index is 5.95. The average Bonchev–Trinajstić information content (AvgIpc) is 2.33. The Hall–Kier alpha value is -0.140. The maximum Gasteiger partial charge on any atom is 0.0409 e. The molecule has 0 unspecified atom stereocenters. The molecule has 1 rings (SSSR count). The number of rotatable bonds is 9. The molecule has 0 aromatic heterocycles. The Balaban J connectivity index is 1.97. The zero-order chi connectivity index (χ0) is 12.3. The summed E-state index contributed by atoms with van der Waals surface area (Å²) in [6, 6.07) is 8.18. The number of benzene rings is 1. The van der Waals surface area contributed by atoms with Gasteiger partial charge >= 0.3 is 0 Å². The van der Waals surface area contributed by atoms with E-state index in [9.17, 15) is 0 Å². The second-order valence-corrected chi connectivity index (χ2v) is 5.99. The third-order valence-corrected chi connectivity index (χ3v) is 4.15. The first-order valence-corrected chi connectivity index (χ1v) is 8.18. The smallest absolute Gasteiger partial charge is 0.0409 e. The van der Waals surface area contributed by atoms with E-state index >= 15 is 0 Å². The van der Waals surface area contributed by atoms with Crippen LogP contribution in [0, 0.1) is 0 Å². The summed E-state index contributed by atoms with van der Waals surface area (Å²) in [4.78, 5) is 0. The van der Waals surface area contributed by atoms with Crippen molar-refractivity contribution in [2.45, 2.75) is 51.2 Å². The minimum atomic E-state index is 0.850. The van der Waals surface area contributed by atoms with Crippen molar-refractivity contribution < 1.29 is 0 Å². The first-order valence-electron chi connectivity index (χ1n) is 6.65. The molecule has 96 valence electrons. The molecule has 0 aliphatic carbocycles. The summed E-state index contributed by atoms with van der Waals surface area (Å²) in [5.41, 5.74) is 1.34. The van der Waals surface area contributed by atoms with Crippen molar-refractivity contribution in [3.8, 4) is 0 Å². The molecule has 0 aliphatic heterocycles. The second-order valence-electron chi connectivity index (χ2n) is 4.45. The highest BCUT2D eigenvalue weighted by atomic mass is 35.5. The lowest BCUT2D eigenvalue weighted by Crippen LogP contribution is -1.85. The van der Waals surface area contributed by atoms with Crippen molar-refractivity contribution in [3.63, 3.8) is 0 Å². The summed E-state index contributed by atoms with van der Waals surface area (Å²) in [6.45, 7) is 2.26. The molecule has 0 aliphatic rings.